The molecule has 0 amide bonds. The second-order valence-electron chi connectivity index (χ2n) is 2.47. The molecule has 0 saturated carbocycles. The van der Waals surface area contributed by atoms with Gasteiger partial charge in [0.25, 0.3) is 0 Å². The fraction of sp³-hybridized carbons (Fsp3) is 0.125. The average molecular weight is 258 g/mol. The summed E-state index contributed by atoms with van der Waals surface area (Å²) in [6.07, 6.45) is 0. The Hall–Kier alpha value is -0.580. The Morgan fingerprint density at radius 2 is 2.27 bits per heavy atom. The molecule has 0 aliphatic rings. The van der Waals surface area contributed by atoms with E-state index in [4.69, 9.17) is 0 Å². The molecule has 0 aliphatic carbocycles. The SMILES string of the molecule is Cc1cc2cccc(I)n2n1. The van der Waals surface area contributed by atoms with Crippen LogP contribution in [0.25, 0.3) is 5.52 Å². The first-order chi connectivity index (χ1) is 5.27. The zero-order chi connectivity index (χ0) is 7.84. The van der Waals surface area contributed by atoms with Crippen molar-refractivity contribution >= 4 is 28.1 Å². The van der Waals surface area contributed by atoms with Crippen LogP contribution >= 0.6 is 22.6 Å². The van der Waals surface area contributed by atoms with E-state index >= 15 is 0 Å². The Kier molecular flexibility index (Phi) is 1.60. The Labute approximate surface area is 78.4 Å². The summed E-state index contributed by atoms with van der Waals surface area (Å²) in [4.78, 5) is 0. The molecule has 0 fully saturated rings. The Morgan fingerprint density at radius 3 is 3.00 bits per heavy atom. The van der Waals surface area contributed by atoms with Crippen molar-refractivity contribution < 1.29 is 0 Å². The highest BCUT2D eigenvalue weighted by atomic mass is 127. The molecular weight excluding hydrogens is 251 g/mol. The Bertz CT molecular complexity index is 392. The lowest BCUT2D eigenvalue weighted by Gasteiger charge is -1.93. The van der Waals surface area contributed by atoms with Gasteiger partial charge >= 0.3 is 0 Å². The van der Waals surface area contributed by atoms with Gasteiger partial charge in [-0.1, -0.05) is 6.07 Å². The van der Waals surface area contributed by atoms with Crippen LogP contribution in [0, 0.1) is 10.6 Å². The number of aryl methyl sites for hydroxylation is 1. The van der Waals surface area contributed by atoms with Crippen LogP contribution in [0.2, 0.25) is 0 Å². The van der Waals surface area contributed by atoms with Crippen molar-refractivity contribution in [2.24, 2.45) is 0 Å². The van der Waals surface area contributed by atoms with Crippen molar-refractivity contribution in [3.8, 4) is 0 Å². The van der Waals surface area contributed by atoms with Gasteiger partial charge in [0.2, 0.25) is 0 Å². The monoisotopic (exact) mass is 258 g/mol. The van der Waals surface area contributed by atoms with Gasteiger partial charge in [-0.05, 0) is 47.7 Å². The maximum atomic E-state index is 4.32. The van der Waals surface area contributed by atoms with E-state index < -0.39 is 0 Å². The van der Waals surface area contributed by atoms with Gasteiger partial charge < -0.3 is 0 Å². The molecule has 0 atom stereocenters. The lowest BCUT2D eigenvalue weighted by atomic mass is 10.4. The Balaban J connectivity index is 2.90. The van der Waals surface area contributed by atoms with Crippen LogP contribution < -0.4 is 0 Å². The Morgan fingerprint density at radius 1 is 1.45 bits per heavy atom. The molecule has 3 heteroatoms. The molecule has 0 radical (unpaired) electrons. The summed E-state index contributed by atoms with van der Waals surface area (Å²) in [5.41, 5.74) is 2.23. The summed E-state index contributed by atoms with van der Waals surface area (Å²) >= 11 is 2.27. The minimum absolute atomic E-state index is 1.06. The van der Waals surface area contributed by atoms with E-state index in [1.54, 1.807) is 0 Å². The smallest absolute Gasteiger partial charge is 0.103 e. The quantitative estimate of drug-likeness (QED) is 0.523. The van der Waals surface area contributed by atoms with Crippen LogP contribution in [0.5, 0.6) is 0 Å². The van der Waals surface area contributed by atoms with Gasteiger partial charge in [-0.25, -0.2) is 4.52 Å². The third-order valence-corrected chi connectivity index (χ3v) is 2.38. The molecule has 2 heterocycles. The highest BCUT2D eigenvalue weighted by Gasteiger charge is 1.98. The standard InChI is InChI=1S/C8H7IN2/c1-6-5-7-3-2-4-8(9)11(7)10-6/h2-5H,1H3. The first-order valence-electron chi connectivity index (χ1n) is 3.38. The fourth-order valence-electron chi connectivity index (χ4n) is 1.11. The molecule has 0 N–H and O–H groups in total. The molecule has 2 aromatic rings. The van der Waals surface area contributed by atoms with Crippen LogP contribution in [-0.4, -0.2) is 9.61 Å². The van der Waals surface area contributed by atoms with Crippen molar-refractivity contribution in [2.75, 3.05) is 0 Å². The first-order valence-corrected chi connectivity index (χ1v) is 4.46. The lowest BCUT2D eigenvalue weighted by molar-refractivity contribution is 0.909. The summed E-state index contributed by atoms with van der Waals surface area (Å²) < 4.78 is 3.09. The molecular formula is C8H7IN2. The van der Waals surface area contributed by atoms with E-state index in [0.717, 1.165) is 14.9 Å². The van der Waals surface area contributed by atoms with Crippen molar-refractivity contribution in [3.05, 3.63) is 33.7 Å². The molecule has 11 heavy (non-hydrogen) atoms. The maximum Gasteiger partial charge on any atom is 0.103 e. The normalized spacial score (nSPS) is 10.7. The lowest BCUT2D eigenvalue weighted by Crippen LogP contribution is -1.91. The summed E-state index contributed by atoms with van der Waals surface area (Å²) in [6.45, 7) is 2.00. The van der Waals surface area contributed by atoms with Crippen LogP contribution in [0.15, 0.2) is 24.3 Å². The minimum Gasteiger partial charge on any atom is -0.227 e. The van der Waals surface area contributed by atoms with Gasteiger partial charge in [-0.15, -0.1) is 0 Å². The van der Waals surface area contributed by atoms with E-state index in [2.05, 4.69) is 39.8 Å². The second-order valence-corrected chi connectivity index (χ2v) is 3.58. The number of hydrogen-bond donors (Lipinski definition) is 0. The van der Waals surface area contributed by atoms with E-state index in [1.807, 2.05) is 23.6 Å². The minimum atomic E-state index is 1.06. The van der Waals surface area contributed by atoms with Crippen LogP contribution in [0.4, 0.5) is 0 Å². The van der Waals surface area contributed by atoms with E-state index in [1.165, 1.54) is 0 Å². The van der Waals surface area contributed by atoms with Crippen LogP contribution in [0.3, 0.4) is 0 Å². The summed E-state index contributed by atoms with van der Waals surface area (Å²) in [6, 6.07) is 8.21. The zero-order valence-corrected chi connectivity index (χ0v) is 8.24. The van der Waals surface area contributed by atoms with Crippen LogP contribution in [-0.2, 0) is 0 Å². The average Bonchev–Trinajstić information content (AvgIpc) is 2.31. The predicted octanol–water partition coefficient (Wildman–Crippen LogP) is 2.25. The van der Waals surface area contributed by atoms with Crippen LogP contribution in [0.1, 0.15) is 5.69 Å². The van der Waals surface area contributed by atoms with Crippen molar-refractivity contribution in [1.82, 2.24) is 9.61 Å². The van der Waals surface area contributed by atoms with Crippen molar-refractivity contribution in [2.45, 2.75) is 6.92 Å². The number of fused-ring (bicyclic) bond motifs is 1. The number of halogens is 1. The molecule has 2 rings (SSSR count). The summed E-state index contributed by atoms with van der Waals surface area (Å²) in [5.74, 6) is 0. The fourth-order valence-corrected chi connectivity index (χ4v) is 1.70. The van der Waals surface area contributed by atoms with E-state index in [0.29, 0.717) is 0 Å². The third-order valence-electron chi connectivity index (χ3n) is 1.56. The van der Waals surface area contributed by atoms with Gasteiger partial charge in [-0.2, -0.15) is 5.10 Å². The summed E-state index contributed by atoms with van der Waals surface area (Å²) in [7, 11) is 0. The molecule has 0 aliphatic heterocycles. The molecule has 2 aromatic heterocycles. The van der Waals surface area contributed by atoms with Gasteiger partial charge in [0.15, 0.2) is 0 Å². The second kappa shape index (κ2) is 2.48. The maximum absolute atomic E-state index is 4.32. The molecule has 0 saturated heterocycles. The molecule has 0 bridgehead atoms. The number of pyridine rings is 1. The predicted molar refractivity (Wildman–Crippen MR) is 52.6 cm³/mol. The number of hydrogen-bond acceptors (Lipinski definition) is 1. The van der Waals surface area contributed by atoms with E-state index in [-0.39, 0.29) is 0 Å². The number of nitrogens with zero attached hydrogens (tertiary/aromatic N) is 2. The first kappa shape index (κ1) is 7.09. The molecule has 2 nitrogen and oxygen atoms in total. The zero-order valence-electron chi connectivity index (χ0n) is 6.08. The third kappa shape index (κ3) is 1.13. The highest BCUT2D eigenvalue weighted by molar-refractivity contribution is 14.1. The largest absolute Gasteiger partial charge is 0.227 e. The van der Waals surface area contributed by atoms with Gasteiger partial charge in [0.1, 0.15) is 3.70 Å². The molecule has 0 aromatic carbocycles. The molecule has 0 unspecified atom stereocenters. The van der Waals surface area contributed by atoms with E-state index in [9.17, 15) is 0 Å². The van der Waals surface area contributed by atoms with Gasteiger partial charge in [0, 0.05) is 0 Å². The number of rotatable bonds is 0. The highest BCUT2D eigenvalue weighted by Crippen LogP contribution is 2.10. The van der Waals surface area contributed by atoms with Gasteiger partial charge in [0.05, 0.1) is 11.2 Å². The molecule has 0 spiro atoms. The molecule has 56 valence electrons. The summed E-state index contributed by atoms with van der Waals surface area (Å²) in [5, 5.41) is 4.32. The van der Waals surface area contributed by atoms with Crippen molar-refractivity contribution in [1.29, 1.82) is 0 Å². The van der Waals surface area contributed by atoms with Gasteiger partial charge in [-0.3, -0.25) is 0 Å². The number of aromatic nitrogens is 2. The topological polar surface area (TPSA) is 17.3 Å². The van der Waals surface area contributed by atoms with Crippen molar-refractivity contribution in [3.63, 3.8) is 0 Å².